The first kappa shape index (κ1) is 19.8. The zero-order chi connectivity index (χ0) is 20.5. The van der Waals surface area contributed by atoms with E-state index in [1.807, 2.05) is 13.0 Å². The number of aryl methyl sites for hydroxylation is 1. The number of thiazole rings is 1. The van der Waals surface area contributed by atoms with E-state index in [2.05, 4.69) is 27.1 Å². The Morgan fingerprint density at radius 2 is 2.24 bits per heavy atom. The minimum Gasteiger partial charge on any atom is -0.348 e. The number of hydrogen-bond donors (Lipinski definition) is 1. The lowest BCUT2D eigenvalue weighted by atomic mass is 10.0. The zero-order valence-corrected chi connectivity index (χ0v) is 17.9. The number of benzene rings is 1. The van der Waals surface area contributed by atoms with E-state index in [0.717, 1.165) is 30.2 Å². The Labute approximate surface area is 177 Å². The van der Waals surface area contributed by atoms with Crippen LogP contribution in [0.5, 0.6) is 0 Å². The number of rotatable bonds is 4. The number of piperidine rings is 1. The summed E-state index contributed by atoms with van der Waals surface area (Å²) in [6, 6.07) is 5.38. The van der Waals surface area contributed by atoms with E-state index in [1.165, 1.54) is 28.7 Å². The number of nitrogens with zero attached hydrogens (tertiary/aromatic N) is 4. The van der Waals surface area contributed by atoms with Gasteiger partial charge in [-0.05, 0) is 43.4 Å². The number of amides is 1. The van der Waals surface area contributed by atoms with E-state index in [0.29, 0.717) is 27.0 Å². The van der Waals surface area contributed by atoms with Gasteiger partial charge in [0.1, 0.15) is 17.6 Å². The Balaban J connectivity index is 1.54. The molecule has 0 aliphatic carbocycles. The van der Waals surface area contributed by atoms with Crippen molar-refractivity contribution in [1.29, 1.82) is 0 Å². The van der Waals surface area contributed by atoms with Gasteiger partial charge in [0.15, 0.2) is 10.8 Å². The highest BCUT2D eigenvalue weighted by Crippen LogP contribution is 2.29. The summed E-state index contributed by atoms with van der Waals surface area (Å²) in [5, 5.41) is 4.03. The smallest absolute Gasteiger partial charge is 0.273 e. The lowest BCUT2D eigenvalue weighted by Crippen LogP contribution is -2.34. The maximum atomic E-state index is 12.9. The number of fused-ring (bicyclic) bond motifs is 1. The van der Waals surface area contributed by atoms with Crippen LogP contribution in [0.3, 0.4) is 0 Å². The SMILES string of the molecule is Cc1ccc(NC(=O)Cn2cnc3nc(N4CCCC(C)C4)sc3c2=O)c(Cl)c1. The van der Waals surface area contributed by atoms with E-state index in [-0.39, 0.29) is 18.0 Å². The van der Waals surface area contributed by atoms with Gasteiger partial charge in [-0.2, -0.15) is 4.98 Å². The van der Waals surface area contributed by atoms with Crippen molar-refractivity contribution in [3.63, 3.8) is 0 Å². The van der Waals surface area contributed by atoms with Crippen molar-refractivity contribution in [2.24, 2.45) is 5.92 Å². The fourth-order valence-corrected chi connectivity index (χ4v) is 4.80. The standard InChI is InChI=1S/C20H22ClN5O2S/c1-12-5-6-15(14(21)8-12)23-16(27)10-26-11-22-18-17(19(26)28)29-20(24-18)25-7-3-4-13(2)9-25/h5-6,8,11,13H,3-4,7,9-10H2,1-2H3,(H,23,27). The number of carbonyl (C=O) groups is 1. The van der Waals surface area contributed by atoms with Crippen molar-refractivity contribution < 1.29 is 4.79 Å². The molecule has 7 nitrogen and oxygen atoms in total. The molecule has 1 aliphatic heterocycles. The van der Waals surface area contributed by atoms with E-state index in [4.69, 9.17) is 11.6 Å². The third-order valence-electron chi connectivity index (χ3n) is 5.01. The van der Waals surface area contributed by atoms with Crippen LogP contribution in [-0.4, -0.2) is 33.5 Å². The van der Waals surface area contributed by atoms with Crippen LogP contribution in [0, 0.1) is 12.8 Å². The number of nitrogens with one attached hydrogen (secondary N) is 1. The molecule has 1 fully saturated rings. The second kappa shape index (κ2) is 8.12. The van der Waals surface area contributed by atoms with Gasteiger partial charge in [-0.3, -0.25) is 14.2 Å². The molecule has 29 heavy (non-hydrogen) atoms. The van der Waals surface area contributed by atoms with Crippen LogP contribution in [0.1, 0.15) is 25.3 Å². The highest BCUT2D eigenvalue weighted by molar-refractivity contribution is 7.22. The molecule has 0 bridgehead atoms. The van der Waals surface area contributed by atoms with Gasteiger partial charge in [-0.1, -0.05) is 35.9 Å². The van der Waals surface area contributed by atoms with Crippen molar-refractivity contribution in [3.8, 4) is 0 Å². The molecular weight excluding hydrogens is 410 g/mol. The largest absolute Gasteiger partial charge is 0.348 e. The molecule has 1 saturated heterocycles. The van der Waals surface area contributed by atoms with Crippen molar-refractivity contribution >= 4 is 50.0 Å². The van der Waals surface area contributed by atoms with Crippen molar-refractivity contribution in [1.82, 2.24) is 14.5 Å². The predicted octanol–water partition coefficient (Wildman–Crippen LogP) is 3.69. The molecule has 152 valence electrons. The first-order valence-corrected chi connectivity index (χ1v) is 10.8. The summed E-state index contributed by atoms with van der Waals surface area (Å²) in [4.78, 5) is 36.3. The molecule has 3 heterocycles. The summed E-state index contributed by atoms with van der Waals surface area (Å²) in [5.74, 6) is 0.270. The highest BCUT2D eigenvalue weighted by Gasteiger charge is 2.21. The van der Waals surface area contributed by atoms with E-state index in [9.17, 15) is 9.59 Å². The van der Waals surface area contributed by atoms with Gasteiger partial charge in [0.25, 0.3) is 5.56 Å². The van der Waals surface area contributed by atoms with Crippen LogP contribution in [0.2, 0.25) is 5.02 Å². The molecule has 9 heteroatoms. The molecule has 0 radical (unpaired) electrons. The Morgan fingerprint density at radius 1 is 1.41 bits per heavy atom. The quantitative estimate of drug-likeness (QED) is 0.681. The van der Waals surface area contributed by atoms with Crippen molar-refractivity contribution in [2.45, 2.75) is 33.2 Å². The first-order chi connectivity index (χ1) is 13.9. The van der Waals surface area contributed by atoms with Crippen LogP contribution in [-0.2, 0) is 11.3 Å². The van der Waals surface area contributed by atoms with E-state index >= 15 is 0 Å². The monoisotopic (exact) mass is 431 g/mol. The summed E-state index contributed by atoms with van der Waals surface area (Å²) < 4.78 is 1.78. The predicted molar refractivity (Wildman–Crippen MR) is 117 cm³/mol. The number of carbonyl (C=O) groups excluding carboxylic acids is 1. The van der Waals surface area contributed by atoms with Gasteiger partial charge in [-0.15, -0.1) is 0 Å². The Bertz CT molecular complexity index is 1130. The molecule has 3 aromatic rings. The highest BCUT2D eigenvalue weighted by atomic mass is 35.5. The Morgan fingerprint density at radius 3 is 3.00 bits per heavy atom. The van der Waals surface area contributed by atoms with Gasteiger partial charge >= 0.3 is 0 Å². The molecule has 0 saturated carbocycles. The van der Waals surface area contributed by atoms with Gasteiger partial charge in [-0.25, -0.2) is 4.98 Å². The third-order valence-corrected chi connectivity index (χ3v) is 6.42. The fourth-order valence-electron chi connectivity index (χ4n) is 3.51. The molecule has 0 spiro atoms. The van der Waals surface area contributed by atoms with Crippen LogP contribution in [0.4, 0.5) is 10.8 Å². The molecule has 1 atom stereocenters. The van der Waals surface area contributed by atoms with Crippen molar-refractivity contribution in [3.05, 3.63) is 45.5 Å². The van der Waals surface area contributed by atoms with Crippen molar-refractivity contribution in [2.75, 3.05) is 23.3 Å². The van der Waals surface area contributed by atoms with Crippen LogP contribution in [0.25, 0.3) is 10.3 Å². The van der Waals surface area contributed by atoms with Crippen LogP contribution in [0.15, 0.2) is 29.3 Å². The van der Waals surface area contributed by atoms with Gasteiger partial charge < -0.3 is 10.2 Å². The number of aromatic nitrogens is 3. The second-order valence-electron chi connectivity index (χ2n) is 7.55. The summed E-state index contributed by atoms with van der Waals surface area (Å²) in [7, 11) is 0. The molecule has 1 unspecified atom stereocenters. The number of hydrogen-bond acceptors (Lipinski definition) is 6. The fraction of sp³-hybridized carbons (Fsp3) is 0.400. The normalized spacial score (nSPS) is 16.9. The molecule has 2 aromatic heterocycles. The minimum absolute atomic E-state index is 0.139. The van der Waals surface area contributed by atoms with Gasteiger partial charge in [0, 0.05) is 13.1 Å². The van der Waals surface area contributed by atoms with E-state index < -0.39 is 0 Å². The molecule has 1 aliphatic rings. The molecule has 1 aromatic carbocycles. The Kier molecular flexibility index (Phi) is 5.56. The van der Waals surface area contributed by atoms with Gasteiger partial charge in [0.2, 0.25) is 5.91 Å². The summed E-state index contributed by atoms with van der Waals surface area (Å²) in [5.41, 5.74) is 1.70. The maximum Gasteiger partial charge on any atom is 0.273 e. The topological polar surface area (TPSA) is 80.1 Å². The van der Waals surface area contributed by atoms with Crippen LogP contribution < -0.4 is 15.8 Å². The lowest BCUT2D eigenvalue weighted by Gasteiger charge is -2.30. The summed E-state index contributed by atoms with van der Waals surface area (Å²) >= 11 is 7.51. The minimum atomic E-state index is -0.339. The maximum absolute atomic E-state index is 12.9. The average molecular weight is 432 g/mol. The second-order valence-corrected chi connectivity index (χ2v) is 8.94. The summed E-state index contributed by atoms with van der Waals surface area (Å²) in [6.07, 6.45) is 3.71. The average Bonchev–Trinajstić information content (AvgIpc) is 3.12. The molecule has 4 rings (SSSR count). The number of anilines is 2. The third kappa shape index (κ3) is 4.28. The molecular formula is C20H22ClN5O2S. The first-order valence-electron chi connectivity index (χ1n) is 9.57. The lowest BCUT2D eigenvalue weighted by molar-refractivity contribution is -0.116. The van der Waals surface area contributed by atoms with Crippen LogP contribution >= 0.6 is 22.9 Å². The molecule has 1 amide bonds. The Hall–Kier alpha value is -2.45. The van der Waals surface area contributed by atoms with E-state index in [1.54, 1.807) is 12.1 Å². The van der Waals surface area contributed by atoms with Gasteiger partial charge in [0.05, 0.1) is 10.7 Å². The summed E-state index contributed by atoms with van der Waals surface area (Å²) in [6.45, 7) is 5.89. The molecule has 1 N–H and O–H groups in total. The zero-order valence-electron chi connectivity index (χ0n) is 16.3. The number of halogens is 1.